The Labute approximate surface area is 290 Å². The Morgan fingerprint density at radius 1 is 0.755 bits per heavy atom. The van der Waals surface area contributed by atoms with Crippen molar-refractivity contribution in [3.63, 3.8) is 0 Å². The van der Waals surface area contributed by atoms with Crippen LogP contribution in [0.4, 0.5) is 28.4 Å². The van der Waals surface area contributed by atoms with Gasteiger partial charge in [0.2, 0.25) is 5.70 Å². The number of fused-ring (bicyclic) bond motifs is 2. The molecule has 0 fully saturated rings. The highest BCUT2D eigenvalue weighted by atomic mass is 15.1. The molecule has 2 aliphatic carbocycles. The van der Waals surface area contributed by atoms with Gasteiger partial charge in [-0.05, 0) is 126 Å². The fourth-order valence-corrected chi connectivity index (χ4v) is 7.48. The molecule has 1 unspecified atom stereocenters. The number of hydrogen-bond donors (Lipinski definition) is 1. The van der Waals surface area contributed by atoms with Crippen molar-refractivity contribution in [1.29, 1.82) is 0 Å². The summed E-state index contributed by atoms with van der Waals surface area (Å²) in [5, 5.41) is 0. The van der Waals surface area contributed by atoms with Crippen LogP contribution in [-0.4, -0.2) is 38.2 Å². The molecule has 0 aliphatic heterocycles. The molecule has 1 heterocycles. The average molecular weight is 645 g/mol. The van der Waals surface area contributed by atoms with Crippen molar-refractivity contribution in [2.75, 3.05) is 42.9 Å². The lowest BCUT2D eigenvalue weighted by Gasteiger charge is -2.42. The van der Waals surface area contributed by atoms with Gasteiger partial charge >= 0.3 is 0 Å². The van der Waals surface area contributed by atoms with Crippen molar-refractivity contribution < 1.29 is 0 Å². The second-order valence-corrected chi connectivity index (χ2v) is 14.4. The van der Waals surface area contributed by atoms with Crippen molar-refractivity contribution >= 4 is 50.7 Å². The van der Waals surface area contributed by atoms with Crippen LogP contribution in [0.3, 0.4) is 0 Å². The van der Waals surface area contributed by atoms with E-state index in [1.807, 2.05) is 24.3 Å². The van der Waals surface area contributed by atoms with Gasteiger partial charge in [-0.2, -0.15) is 0 Å². The fraction of sp³-hybridized carbons (Fsp3) is 0.256. The normalized spacial score (nSPS) is 17.8. The van der Waals surface area contributed by atoms with E-state index in [-0.39, 0.29) is 5.41 Å². The monoisotopic (exact) mass is 644 g/mol. The highest BCUT2D eigenvalue weighted by Gasteiger charge is 2.38. The van der Waals surface area contributed by atoms with Crippen molar-refractivity contribution in [2.24, 2.45) is 11.3 Å². The number of H-pyrrole nitrogens is 1. The van der Waals surface area contributed by atoms with Crippen LogP contribution in [0.1, 0.15) is 44.5 Å². The summed E-state index contributed by atoms with van der Waals surface area (Å²) in [7, 11) is 8.28. The van der Waals surface area contributed by atoms with Crippen molar-refractivity contribution in [1.82, 2.24) is 9.97 Å². The molecule has 6 heteroatoms. The molecular formula is C43H44N6. The Balaban J connectivity index is 1.24. The first kappa shape index (κ1) is 32.0. The van der Waals surface area contributed by atoms with E-state index in [0.29, 0.717) is 17.4 Å². The SMILES string of the molecule is [C-]#[N+]/C(=C1\C=C2C=C(c3ccc(N(c4ccc(N(C)C)cc4)c4ccc(N(C)C)cc4)cc3)CCC2C(C)(C)C1)c1nc2ccccc2[nH]1. The minimum atomic E-state index is 0.0397. The number of aromatic nitrogens is 2. The number of rotatable bonds is 7. The molecule has 7 rings (SSSR count). The number of anilines is 5. The van der Waals surface area contributed by atoms with E-state index >= 15 is 0 Å². The molecule has 2 aliphatic rings. The number of nitrogens with zero attached hydrogens (tertiary/aromatic N) is 5. The molecule has 6 nitrogen and oxygen atoms in total. The first-order valence-electron chi connectivity index (χ1n) is 17.0. The topological polar surface area (TPSA) is 42.8 Å². The predicted molar refractivity (Wildman–Crippen MR) is 207 cm³/mol. The maximum absolute atomic E-state index is 8.13. The summed E-state index contributed by atoms with van der Waals surface area (Å²) in [5.74, 6) is 1.11. The summed E-state index contributed by atoms with van der Waals surface area (Å²) < 4.78 is 0. The lowest BCUT2D eigenvalue weighted by atomic mass is 9.62. The summed E-state index contributed by atoms with van der Waals surface area (Å²) in [5.41, 5.74) is 13.2. The highest BCUT2D eigenvalue weighted by molar-refractivity contribution is 5.83. The third-order valence-corrected chi connectivity index (χ3v) is 10.2. The molecule has 0 saturated carbocycles. The maximum Gasteiger partial charge on any atom is 0.231 e. The van der Waals surface area contributed by atoms with Crippen LogP contribution < -0.4 is 14.7 Å². The minimum Gasteiger partial charge on any atom is -0.378 e. The molecule has 0 spiro atoms. The lowest BCUT2D eigenvalue weighted by Crippen LogP contribution is -2.31. The Hall–Kier alpha value is -5.54. The van der Waals surface area contributed by atoms with Crippen LogP contribution >= 0.6 is 0 Å². The first-order chi connectivity index (χ1) is 23.6. The van der Waals surface area contributed by atoms with E-state index in [0.717, 1.165) is 52.9 Å². The second kappa shape index (κ2) is 12.8. The molecule has 49 heavy (non-hydrogen) atoms. The largest absolute Gasteiger partial charge is 0.378 e. The van der Waals surface area contributed by atoms with Gasteiger partial charge in [-0.1, -0.05) is 50.3 Å². The first-order valence-corrected chi connectivity index (χ1v) is 17.0. The predicted octanol–water partition coefficient (Wildman–Crippen LogP) is 10.6. The Morgan fingerprint density at radius 2 is 1.31 bits per heavy atom. The zero-order valence-corrected chi connectivity index (χ0v) is 29.3. The van der Waals surface area contributed by atoms with Crippen LogP contribution in [0.2, 0.25) is 0 Å². The molecule has 0 saturated heterocycles. The zero-order valence-electron chi connectivity index (χ0n) is 29.3. The van der Waals surface area contributed by atoms with Gasteiger partial charge in [0, 0.05) is 56.6 Å². The molecule has 5 aromatic rings. The number of aromatic amines is 1. The molecular weight excluding hydrogens is 601 g/mol. The van der Waals surface area contributed by atoms with Gasteiger partial charge in [0.15, 0.2) is 0 Å². The molecule has 1 atom stereocenters. The van der Waals surface area contributed by atoms with Crippen molar-refractivity contribution in [3.05, 3.63) is 143 Å². The highest BCUT2D eigenvalue weighted by Crippen LogP contribution is 2.51. The smallest absolute Gasteiger partial charge is 0.231 e. The van der Waals surface area contributed by atoms with Gasteiger partial charge < -0.3 is 19.7 Å². The number of benzene rings is 4. The number of imidazole rings is 1. The van der Waals surface area contributed by atoms with E-state index in [1.54, 1.807) is 0 Å². The number of hydrogen-bond acceptors (Lipinski definition) is 4. The van der Waals surface area contributed by atoms with Crippen LogP contribution in [0.15, 0.2) is 120 Å². The van der Waals surface area contributed by atoms with Gasteiger partial charge in [0.25, 0.3) is 0 Å². The summed E-state index contributed by atoms with van der Waals surface area (Å²) in [6.07, 6.45) is 7.66. The standard InChI is InChI=1S/C43H44N6/c1-43(2)28-32(41(44-3)42-45-39-10-8-9-11-40(39)46-42)27-31-26-30(14-25-38(31)43)29-12-15-35(16-13-29)49(36-21-17-33(18-22-36)47(4)5)37-23-19-34(20-24-37)48(6)7/h8-13,15-24,26-27,38H,14,25,28H2,1-2,4-7H3,(H,45,46)/b41-32+. The van der Waals surface area contributed by atoms with E-state index in [2.05, 4.69) is 152 Å². The molecule has 0 amide bonds. The summed E-state index contributed by atoms with van der Waals surface area (Å²) in [6, 6.07) is 34.4. The second-order valence-electron chi connectivity index (χ2n) is 14.4. The molecule has 0 radical (unpaired) electrons. The number of allylic oxidation sites excluding steroid dienone is 5. The maximum atomic E-state index is 8.13. The van der Waals surface area contributed by atoms with Crippen LogP contribution in [0.25, 0.3) is 27.1 Å². The van der Waals surface area contributed by atoms with Crippen LogP contribution in [0, 0.1) is 17.9 Å². The van der Waals surface area contributed by atoms with E-state index in [1.165, 1.54) is 28.1 Å². The van der Waals surface area contributed by atoms with Gasteiger partial charge in [-0.25, -0.2) is 9.83 Å². The molecule has 4 aromatic carbocycles. The number of para-hydroxylation sites is 2. The minimum absolute atomic E-state index is 0.0397. The van der Waals surface area contributed by atoms with Crippen molar-refractivity contribution in [3.8, 4) is 0 Å². The van der Waals surface area contributed by atoms with E-state index in [9.17, 15) is 0 Å². The van der Waals surface area contributed by atoms with Gasteiger partial charge in [-0.3, -0.25) is 0 Å². The molecule has 1 N–H and O–H groups in total. The third kappa shape index (κ3) is 6.25. The summed E-state index contributed by atoms with van der Waals surface area (Å²) >= 11 is 0. The van der Waals surface area contributed by atoms with E-state index < -0.39 is 0 Å². The Bertz CT molecular complexity index is 2030. The van der Waals surface area contributed by atoms with E-state index in [4.69, 9.17) is 11.6 Å². The fourth-order valence-electron chi connectivity index (χ4n) is 7.48. The number of nitrogens with one attached hydrogen (secondary N) is 1. The van der Waals surface area contributed by atoms with Gasteiger partial charge in [-0.15, -0.1) is 0 Å². The Morgan fingerprint density at radius 3 is 1.86 bits per heavy atom. The third-order valence-electron chi connectivity index (χ3n) is 10.2. The molecule has 1 aromatic heterocycles. The zero-order chi connectivity index (χ0) is 34.3. The average Bonchev–Trinajstić information content (AvgIpc) is 3.53. The van der Waals surface area contributed by atoms with Gasteiger partial charge in [0.05, 0.1) is 17.6 Å². The summed E-state index contributed by atoms with van der Waals surface area (Å²) in [6.45, 7) is 12.8. The molecule has 246 valence electrons. The van der Waals surface area contributed by atoms with Crippen LogP contribution in [0.5, 0.6) is 0 Å². The summed E-state index contributed by atoms with van der Waals surface area (Å²) in [4.78, 5) is 18.8. The van der Waals surface area contributed by atoms with Crippen molar-refractivity contribution in [2.45, 2.75) is 33.1 Å². The molecule has 0 bridgehead atoms. The lowest BCUT2D eigenvalue weighted by molar-refractivity contribution is 0.228. The Kier molecular flexibility index (Phi) is 8.38. The van der Waals surface area contributed by atoms with Gasteiger partial charge in [0.1, 0.15) is 5.82 Å². The van der Waals surface area contributed by atoms with Crippen LogP contribution in [-0.2, 0) is 0 Å². The quantitative estimate of drug-likeness (QED) is 0.179.